The molecule has 7 heteroatoms. The number of thioether (sulfide) groups is 2. The Morgan fingerprint density at radius 1 is 1.28 bits per heavy atom. The van der Waals surface area contributed by atoms with Crippen molar-refractivity contribution in [2.45, 2.75) is 10.5 Å². The molecule has 0 unspecified atom stereocenters. The zero-order valence-corrected chi connectivity index (χ0v) is 15.8. The third kappa shape index (κ3) is 3.81. The van der Waals surface area contributed by atoms with Gasteiger partial charge in [-0.2, -0.15) is 0 Å². The van der Waals surface area contributed by atoms with Gasteiger partial charge in [0.1, 0.15) is 11.3 Å². The Morgan fingerprint density at radius 3 is 2.92 bits per heavy atom. The van der Waals surface area contributed by atoms with Crippen LogP contribution in [0.5, 0.6) is 5.75 Å². The van der Waals surface area contributed by atoms with E-state index < -0.39 is 0 Å². The van der Waals surface area contributed by atoms with Crippen LogP contribution < -0.4 is 4.74 Å². The number of ether oxygens (including phenoxy) is 1. The maximum Gasteiger partial charge on any atom is 0.256 e. The summed E-state index contributed by atoms with van der Waals surface area (Å²) in [6.45, 7) is 0.811. The summed E-state index contributed by atoms with van der Waals surface area (Å²) >= 11 is 9.41. The number of hydrogen-bond acceptors (Lipinski definition) is 6. The summed E-state index contributed by atoms with van der Waals surface area (Å²) < 4.78 is 10.9. The van der Waals surface area contributed by atoms with Crippen LogP contribution in [0.2, 0.25) is 5.02 Å². The highest BCUT2D eigenvalue weighted by molar-refractivity contribution is 8.16. The summed E-state index contributed by atoms with van der Waals surface area (Å²) in [6, 6.07) is 13.5. The predicted octanol–water partition coefficient (Wildman–Crippen LogP) is 5.14. The number of nitrogens with zero attached hydrogens (tertiary/aromatic N) is 2. The molecule has 4 rings (SSSR count). The first-order chi connectivity index (χ1) is 12.2. The first kappa shape index (κ1) is 16.8. The van der Waals surface area contributed by atoms with E-state index in [-0.39, 0.29) is 0 Å². The van der Waals surface area contributed by atoms with Crippen molar-refractivity contribution in [3.8, 4) is 5.75 Å². The quantitative estimate of drug-likeness (QED) is 0.564. The smallest absolute Gasteiger partial charge is 0.256 e. The van der Waals surface area contributed by atoms with Crippen molar-refractivity contribution in [3.63, 3.8) is 0 Å². The van der Waals surface area contributed by atoms with Crippen LogP contribution in [-0.4, -0.2) is 34.7 Å². The van der Waals surface area contributed by atoms with Crippen LogP contribution in [0.15, 0.2) is 57.1 Å². The molecule has 0 aliphatic carbocycles. The number of methoxy groups -OCH3 is 1. The second-order valence-electron chi connectivity index (χ2n) is 5.52. The molecule has 0 saturated carbocycles. The van der Waals surface area contributed by atoms with Crippen LogP contribution in [0.1, 0.15) is 5.56 Å². The fourth-order valence-electron chi connectivity index (χ4n) is 2.50. The van der Waals surface area contributed by atoms with Crippen molar-refractivity contribution in [3.05, 3.63) is 53.1 Å². The summed E-state index contributed by atoms with van der Waals surface area (Å²) in [4.78, 5) is 9.15. The first-order valence-corrected chi connectivity index (χ1v) is 10.00. The van der Waals surface area contributed by atoms with Crippen LogP contribution in [0.4, 0.5) is 0 Å². The molecule has 1 aliphatic heterocycles. The standard InChI is InChI=1S/C18H15ClN2O2S2/c1-22-13-5-2-11(3-6-13)17-20-9-14(25-17)10-24-18-21-15-8-12(19)4-7-16(15)23-18/h2-8,14H,9-10H2,1H3/t14-/m1/s1. The lowest BCUT2D eigenvalue weighted by Gasteiger charge is -2.06. The topological polar surface area (TPSA) is 47.6 Å². The fraction of sp³-hybridized carbons (Fsp3) is 0.222. The predicted molar refractivity (Wildman–Crippen MR) is 106 cm³/mol. The average molecular weight is 391 g/mol. The Balaban J connectivity index is 1.36. The molecule has 0 bridgehead atoms. The molecule has 2 aromatic carbocycles. The van der Waals surface area contributed by atoms with Crippen molar-refractivity contribution in [2.75, 3.05) is 19.4 Å². The van der Waals surface area contributed by atoms with Crippen LogP contribution >= 0.6 is 35.1 Å². The van der Waals surface area contributed by atoms with Gasteiger partial charge in [0.25, 0.3) is 5.22 Å². The van der Waals surface area contributed by atoms with Gasteiger partial charge in [0.15, 0.2) is 5.58 Å². The second-order valence-corrected chi connectivity index (χ2v) is 8.21. The summed E-state index contributed by atoms with van der Waals surface area (Å²) in [7, 11) is 1.67. The molecule has 0 fully saturated rings. The summed E-state index contributed by atoms with van der Waals surface area (Å²) in [5.74, 6) is 1.75. The number of aromatic nitrogens is 1. The van der Waals surface area contributed by atoms with Gasteiger partial charge < -0.3 is 9.15 Å². The van der Waals surface area contributed by atoms with Crippen molar-refractivity contribution in [1.29, 1.82) is 0 Å². The molecule has 0 saturated heterocycles. The molecule has 128 valence electrons. The Kier molecular flexibility index (Phi) is 4.92. The third-order valence-corrected chi connectivity index (χ3v) is 6.45. The first-order valence-electron chi connectivity index (χ1n) is 7.76. The molecule has 1 aliphatic rings. The molecular weight excluding hydrogens is 376 g/mol. The van der Waals surface area contributed by atoms with Crippen molar-refractivity contribution in [2.24, 2.45) is 4.99 Å². The number of hydrogen-bond donors (Lipinski definition) is 0. The normalized spacial score (nSPS) is 17.0. The van der Waals surface area contributed by atoms with Gasteiger partial charge in [-0.05, 0) is 42.5 Å². The lowest BCUT2D eigenvalue weighted by molar-refractivity contribution is 0.415. The number of oxazole rings is 1. The maximum atomic E-state index is 5.99. The lowest BCUT2D eigenvalue weighted by Crippen LogP contribution is -2.06. The highest BCUT2D eigenvalue weighted by Crippen LogP contribution is 2.32. The van der Waals surface area contributed by atoms with Crippen LogP contribution in [0, 0.1) is 0 Å². The summed E-state index contributed by atoms with van der Waals surface area (Å²) in [5.41, 5.74) is 2.69. The molecule has 2 heterocycles. The van der Waals surface area contributed by atoms with E-state index in [1.807, 2.05) is 42.5 Å². The monoisotopic (exact) mass is 390 g/mol. The Morgan fingerprint density at radius 2 is 2.12 bits per heavy atom. The minimum absolute atomic E-state index is 0.417. The Bertz CT molecular complexity index is 924. The minimum atomic E-state index is 0.417. The van der Waals surface area contributed by atoms with Crippen molar-refractivity contribution in [1.82, 2.24) is 4.98 Å². The largest absolute Gasteiger partial charge is 0.497 e. The molecule has 0 radical (unpaired) electrons. The minimum Gasteiger partial charge on any atom is -0.497 e. The highest BCUT2D eigenvalue weighted by atomic mass is 35.5. The molecule has 25 heavy (non-hydrogen) atoms. The van der Waals surface area contributed by atoms with Crippen molar-refractivity contribution >= 4 is 51.3 Å². The number of halogens is 1. The van der Waals surface area contributed by atoms with E-state index in [4.69, 9.17) is 20.8 Å². The Hall–Kier alpha value is -1.63. The van der Waals surface area contributed by atoms with E-state index >= 15 is 0 Å². The van der Waals surface area contributed by atoms with Gasteiger partial charge in [-0.3, -0.25) is 4.99 Å². The van der Waals surface area contributed by atoms with Crippen LogP contribution in [-0.2, 0) is 0 Å². The molecule has 4 nitrogen and oxygen atoms in total. The number of aliphatic imine (C=N–C) groups is 1. The second kappa shape index (κ2) is 7.32. The van der Waals surface area contributed by atoms with Gasteiger partial charge in [0, 0.05) is 21.6 Å². The van der Waals surface area contributed by atoms with Crippen molar-refractivity contribution < 1.29 is 9.15 Å². The highest BCUT2D eigenvalue weighted by Gasteiger charge is 2.22. The van der Waals surface area contributed by atoms with Gasteiger partial charge in [-0.1, -0.05) is 23.4 Å². The van der Waals surface area contributed by atoms with E-state index in [1.165, 1.54) is 0 Å². The molecule has 1 aromatic heterocycles. The summed E-state index contributed by atoms with van der Waals surface area (Å²) in [6.07, 6.45) is 0. The molecule has 0 spiro atoms. The van der Waals surface area contributed by atoms with E-state index in [0.29, 0.717) is 15.5 Å². The third-order valence-electron chi connectivity index (χ3n) is 3.78. The fourth-order valence-corrected chi connectivity index (χ4v) is 4.78. The van der Waals surface area contributed by atoms with Gasteiger partial charge in [0.2, 0.25) is 0 Å². The van der Waals surface area contributed by atoms with Crippen LogP contribution in [0.25, 0.3) is 11.1 Å². The van der Waals surface area contributed by atoms with Gasteiger partial charge in [0.05, 0.1) is 18.7 Å². The maximum absolute atomic E-state index is 5.99. The lowest BCUT2D eigenvalue weighted by atomic mass is 10.2. The SMILES string of the molecule is COc1ccc(C2=NC[C@H](CSc3nc4cc(Cl)ccc4o3)S2)cc1. The molecule has 0 amide bonds. The average Bonchev–Trinajstić information content (AvgIpc) is 3.26. The Labute approximate surface area is 159 Å². The number of benzene rings is 2. The number of fused-ring (bicyclic) bond motifs is 1. The zero-order chi connectivity index (χ0) is 17.2. The molecule has 3 aromatic rings. The molecular formula is C18H15ClN2O2S2. The van der Waals surface area contributed by atoms with E-state index in [0.717, 1.165) is 39.8 Å². The van der Waals surface area contributed by atoms with Gasteiger partial charge in [-0.15, -0.1) is 11.8 Å². The molecule has 1 atom stereocenters. The van der Waals surface area contributed by atoms with E-state index in [9.17, 15) is 0 Å². The zero-order valence-electron chi connectivity index (χ0n) is 13.4. The van der Waals surface area contributed by atoms with Gasteiger partial charge >= 0.3 is 0 Å². The van der Waals surface area contributed by atoms with E-state index in [2.05, 4.69) is 9.98 Å². The van der Waals surface area contributed by atoms with Crippen LogP contribution in [0.3, 0.4) is 0 Å². The molecule has 0 N–H and O–H groups in total. The summed E-state index contributed by atoms with van der Waals surface area (Å²) in [5, 5.41) is 2.84. The van der Waals surface area contributed by atoms with Gasteiger partial charge in [-0.25, -0.2) is 4.98 Å². The number of rotatable bonds is 5. The van der Waals surface area contributed by atoms with E-state index in [1.54, 1.807) is 30.6 Å².